The van der Waals surface area contributed by atoms with Gasteiger partial charge in [-0.1, -0.05) is 48.2 Å². The average molecular weight is 411 g/mol. The Labute approximate surface area is 161 Å². The van der Waals surface area contributed by atoms with Gasteiger partial charge in [0.2, 0.25) is 0 Å². The standard InChI is InChI=1S/C12H14O3S.C7H8O3S/c1-3-4-5-10-15-16(13,14)12-8-6-11(2)7-9-12;1-6-2-4-7(5-3-6)11(8,9)10/h6-9H,3,10H2,1-2H3;2-5H,1H3,(H,8,9,10). The monoisotopic (exact) mass is 410 g/mol. The summed E-state index contributed by atoms with van der Waals surface area (Å²) in [5.41, 5.74) is 1.96. The van der Waals surface area contributed by atoms with Crippen LogP contribution >= 0.6 is 0 Å². The number of hydrogen-bond acceptors (Lipinski definition) is 5. The number of aryl methyl sites for hydroxylation is 2. The lowest BCUT2D eigenvalue weighted by atomic mass is 10.2. The Kier molecular flexibility index (Phi) is 8.66. The molecule has 0 radical (unpaired) electrons. The van der Waals surface area contributed by atoms with Gasteiger partial charge in [0.25, 0.3) is 20.2 Å². The predicted octanol–water partition coefficient (Wildman–Crippen LogP) is 3.36. The van der Waals surface area contributed by atoms with Gasteiger partial charge in [0.05, 0.1) is 9.79 Å². The molecule has 0 fully saturated rings. The maximum Gasteiger partial charge on any atom is 0.297 e. The number of rotatable bonds is 4. The largest absolute Gasteiger partial charge is 0.297 e. The van der Waals surface area contributed by atoms with Crippen LogP contribution in [0.4, 0.5) is 0 Å². The zero-order valence-corrected chi connectivity index (χ0v) is 17.0. The van der Waals surface area contributed by atoms with Crippen LogP contribution in [0, 0.1) is 25.7 Å². The van der Waals surface area contributed by atoms with Crippen molar-refractivity contribution in [3.05, 3.63) is 59.7 Å². The SMILES string of the molecule is CCC#CCOS(=O)(=O)c1ccc(C)cc1.Cc1ccc(S(=O)(=O)O)cc1. The Bertz CT molecular complexity index is 995. The summed E-state index contributed by atoms with van der Waals surface area (Å²) in [4.78, 5) is 0.0968. The Morgan fingerprint density at radius 3 is 1.67 bits per heavy atom. The molecule has 1 N–H and O–H groups in total. The summed E-state index contributed by atoms with van der Waals surface area (Å²) in [6, 6.07) is 12.5. The van der Waals surface area contributed by atoms with Gasteiger partial charge in [-0.25, -0.2) is 0 Å². The molecule has 27 heavy (non-hydrogen) atoms. The van der Waals surface area contributed by atoms with Gasteiger partial charge in [-0.3, -0.25) is 8.74 Å². The Hall–Kier alpha value is -2.18. The Balaban J connectivity index is 0.000000289. The molecule has 0 saturated heterocycles. The van der Waals surface area contributed by atoms with Crippen molar-refractivity contribution in [1.29, 1.82) is 0 Å². The zero-order chi connectivity index (χ0) is 20.5. The second-order valence-corrected chi connectivity index (χ2v) is 8.56. The summed E-state index contributed by atoms with van der Waals surface area (Å²) in [5.74, 6) is 5.36. The highest BCUT2D eigenvalue weighted by atomic mass is 32.2. The van der Waals surface area contributed by atoms with Crippen molar-refractivity contribution in [2.75, 3.05) is 6.61 Å². The normalized spacial score (nSPS) is 11.0. The molecule has 0 aliphatic heterocycles. The van der Waals surface area contributed by atoms with E-state index in [-0.39, 0.29) is 16.4 Å². The van der Waals surface area contributed by atoms with E-state index in [1.807, 2.05) is 20.8 Å². The fourth-order valence-corrected chi connectivity index (χ4v) is 3.07. The molecule has 146 valence electrons. The summed E-state index contributed by atoms with van der Waals surface area (Å²) < 4.78 is 57.5. The highest BCUT2D eigenvalue weighted by Gasteiger charge is 2.13. The molecule has 0 aliphatic rings. The van der Waals surface area contributed by atoms with E-state index in [1.54, 1.807) is 24.3 Å². The molecule has 2 aromatic carbocycles. The first-order valence-electron chi connectivity index (χ1n) is 8.02. The van der Waals surface area contributed by atoms with Crippen LogP contribution in [0.1, 0.15) is 24.5 Å². The molecule has 2 aromatic rings. The maximum atomic E-state index is 11.6. The first kappa shape index (κ1) is 22.9. The molecule has 8 heteroatoms. The molecule has 0 heterocycles. The van der Waals surface area contributed by atoms with Crippen LogP contribution in [0.5, 0.6) is 0 Å². The van der Waals surface area contributed by atoms with Crippen molar-refractivity contribution in [1.82, 2.24) is 0 Å². The van der Waals surface area contributed by atoms with Gasteiger partial charge >= 0.3 is 0 Å². The van der Waals surface area contributed by atoms with Gasteiger partial charge in [-0.05, 0) is 38.1 Å². The molecule has 0 amide bonds. The maximum absolute atomic E-state index is 11.6. The van der Waals surface area contributed by atoms with Crippen molar-refractivity contribution >= 4 is 20.2 Å². The first-order valence-corrected chi connectivity index (χ1v) is 10.9. The summed E-state index contributed by atoms with van der Waals surface area (Å²) in [6.07, 6.45) is 0.688. The van der Waals surface area contributed by atoms with Crippen molar-refractivity contribution in [3.8, 4) is 11.8 Å². The molecule has 2 rings (SSSR count). The van der Waals surface area contributed by atoms with E-state index in [2.05, 4.69) is 11.8 Å². The van der Waals surface area contributed by atoms with Crippen LogP contribution in [0.25, 0.3) is 0 Å². The molecular weight excluding hydrogens is 388 g/mol. The van der Waals surface area contributed by atoms with E-state index in [1.165, 1.54) is 24.3 Å². The molecule has 0 bridgehead atoms. The van der Waals surface area contributed by atoms with Gasteiger partial charge in [-0.15, -0.1) is 5.92 Å². The number of benzene rings is 2. The highest BCUT2D eigenvalue weighted by molar-refractivity contribution is 7.86. The molecular formula is C19H22O6S2. The fourth-order valence-electron chi connectivity index (χ4n) is 1.77. The van der Waals surface area contributed by atoms with Gasteiger partial charge in [0.1, 0.15) is 6.61 Å². The van der Waals surface area contributed by atoms with Crippen molar-refractivity contribution < 1.29 is 25.6 Å². The smallest absolute Gasteiger partial charge is 0.282 e. The molecule has 0 spiro atoms. The van der Waals surface area contributed by atoms with Crippen molar-refractivity contribution in [2.45, 2.75) is 37.0 Å². The van der Waals surface area contributed by atoms with Crippen LogP contribution in [0.3, 0.4) is 0 Å². The van der Waals surface area contributed by atoms with E-state index in [9.17, 15) is 16.8 Å². The van der Waals surface area contributed by atoms with Crippen LogP contribution in [-0.2, 0) is 24.4 Å². The summed E-state index contributed by atoms with van der Waals surface area (Å²) in [5, 5.41) is 0. The minimum atomic E-state index is -4.02. The van der Waals surface area contributed by atoms with E-state index in [0.29, 0.717) is 6.42 Å². The van der Waals surface area contributed by atoms with Crippen LogP contribution in [0.15, 0.2) is 58.3 Å². The zero-order valence-electron chi connectivity index (χ0n) is 15.3. The lowest BCUT2D eigenvalue weighted by Gasteiger charge is -2.02. The third-order valence-electron chi connectivity index (χ3n) is 3.22. The molecule has 0 atom stereocenters. The lowest BCUT2D eigenvalue weighted by molar-refractivity contribution is 0.363. The van der Waals surface area contributed by atoms with Gasteiger partial charge < -0.3 is 0 Å². The predicted molar refractivity (Wildman–Crippen MR) is 103 cm³/mol. The second kappa shape index (κ2) is 10.2. The Morgan fingerprint density at radius 1 is 0.815 bits per heavy atom. The van der Waals surface area contributed by atoms with Crippen molar-refractivity contribution in [2.24, 2.45) is 0 Å². The molecule has 0 unspecified atom stereocenters. The molecule has 6 nitrogen and oxygen atoms in total. The van der Waals surface area contributed by atoms with Gasteiger partial charge in [0.15, 0.2) is 0 Å². The molecule has 0 saturated carbocycles. The molecule has 0 aliphatic carbocycles. The summed E-state index contributed by atoms with van der Waals surface area (Å²) in [7, 11) is -7.68. The minimum Gasteiger partial charge on any atom is -0.282 e. The van der Waals surface area contributed by atoms with Crippen molar-refractivity contribution in [3.63, 3.8) is 0 Å². The van der Waals surface area contributed by atoms with Crippen LogP contribution in [-0.4, -0.2) is 28.0 Å². The van der Waals surface area contributed by atoms with E-state index in [4.69, 9.17) is 8.74 Å². The highest BCUT2D eigenvalue weighted by Crippen LogP contribution is 2.12. The van der Waals surface area contributed by atoms with Gasteiger partial charge in [0, 0.05) is 6.42 Å². The van der Waals surface area contributed by atoms with E-state index < -0.39 is 20.2 Å². The van der Waals surface area contributed by atoms with E-state index in [0.717, 1.165) is 11.1 Å². The average Bonchev–Trinajstić information content (AvgIpc) is 2.59. The first-order chi connectivity index (χ1) is 12.6. The third kappa shape index (κ3) is 8.37. The van der Waals surface area contributed by atoms with Gasteiger partial charge in [-0.2, -0.15) is 16.8 Å². The number of hydrogen-bond donors (Lipinski definition) is 1. The topological polar surface area (TPSA) is 97.7 Å². The Morgan fingerprint density at radius 2 is 1.26 bits per heavy atom. The second-order valence-electron chi connectivity index (χ2n) is 5.52. The molecule has 0 aromatic heterocycles. The quantitative estimate of drug-likeness (QED) is 0.472. The minimum absolute atomic E-state index is 0.0666. The van der Waals surface area contributed by atoms with E-state index >= 15 is 0 Å². The van der Waals surface area contributed by atoms with Crippen LogP contribution in [0.2, 0.25) is 0 Å². The fraction of sp³-hybridized carbons (Fsp3) is 0.263. The summed E-state index contributed by atoms with van der Waals surface area (Å²) in [6.45, 7) is 5.53. The lowest BCUT2D eigenvalue weighted by Crippen LogP contribution is -2.06. The van der Waals surface area contributed by atoms with Crippen LogP contribution < -0.4 is 0 Å². The third-order valence-corrected chi connectivity index (χ3v) is 5.36. The summed E-state index contributed by atoms with van der Waals surface area (Å²) >= 11 is 0.